The normalized spacial score (nSPS) is 17.4. The average Bonchev–Trinajstić information content (AvgIpc) is 2.95. The fourth-order valence-electron chi connectivity index (χ4n) is 1.81. The summed E-state index contributed by atoms with van der Waals surface area (Å²) in [7, 11) is 0. The second-order valence-corrected chi connectivity index (χ2v) is 4.60. The first-order chi connectivity index (χ1) is 9.83. The van der Waals surface area contributed by atoms with Crippen LogP contribution in [0, 0.1) is 0 Å². The number of nitrogens with one attached hydrogen (secondary N) is 1. The van der Waals surface area contributed by atoms with Gasteiger partial charge in [0.25, 0.3) is 0 Å². The molecule has 0 fully saturated rings. The number of H-pyrrole nitrogens is 1. The Balaban J connectivity index is 1.65. The molecule has 0 spiro atoms. The monoisotopic (exact) mass is 288 g/mol. The van der Waals surface area contributed by atoms with Gasteiger partial charge in [-0.3, -0.25) is 15.0 Å². The van der Waals surface area contributed by atoms with E-state index >= 15 is 0 Å². The first kappa shape index (κ1) is 12.7. The van der Waals surface area contributed by atoms with Crippen molar-refractivity contribution in [3.05, 3.63) is 54.4 Å². The van der Waals surface area contributed by atoms with Gasteiger partial charge in [0.2, 0.25) is 5.62 Å². The molecule has 5 nitrogen and oxygen atoms in total. The minimum absolute atomic E-state index is 0.421. The first-order valence-corrected chi connectivity index (χ1v) is 6.61. The summed E-state index contributed by atoms with van der Waals surface area (Å²) in [5, 5.41) is 7.15. The molecule has 0 bridgehead atoms. The van der Waals surface area contributed by atoms with E-state index in [2.05, 4.69) is 15.2 Å². The quantitative estimate of drug-likeness (QED) is 0.695. The molecule has 2 aromatic rings. The van der Waals surface area contributed by atoms with E-state index in [0.29, 0.717) is 12.4 Å². The molecule has 0 saturated carbocycles. The zero-order valence-electron chi connectivity index (χ0n) is 10.6. The van der Waals surface area contributed by atoms with E-state index in [1.165, 1.54) is 0 Å². The SMILES string of the molecule is ClC1N=CC=CN1c1cc(COc2ccccc2)[nH]n1. The number of rotatable bonds is 4. The molecule has 6 heteroatoms. The van der Waals surface area contributed by atoms with Crippen molar-refractivity contribution in [3.8, 4) is 5.75 Å². The summed E-state index contributed by atoms with van der Waals surface area (Å²) >= 11 is 6.09. The standard InChI is InChI=1S/C14H13ClN4O/c15-14-16-7-4-8-19(14)13-9-11(17-18-13)10-20-12-5-2-1-3-6-12/h1-9,14H,10H2,(H,17,18). The van der Waals surface area contributed by atoms with Gasteiger partial charge in [0.1, 0.15) is 12.4 Å². The van der Waals surface area contributed by atoms with Gasteiger partial charge in [-0.2, -0.15) is 5.10 Å². The smallest absolute Gasteiger partial charge is 0.202 e. The lowest BCUT2D eigenvalue weighted by Crippen LogP contribution is -2.26. The zero-order chi connectivity index (χ0) is 13.8. The second kappa shape index (κ2) is 5.79. The van der Waals surface area contributed by atoms with Crippen LogP contribution in [0.2, 0.25) is 0 Å². The first-order valence-electron chi connectivity index (χ1n) is 6.17. The van der Waals surface area contributed by atoms with Crippen LogP contribution >= 0.6 is 11.6 Å². The Morgan fingerprint density at radius 1 is 1.30 bits per heavy atom. The zero-order valence-corrected chi connectivity index (χ0v) is 11.4. The number of anilines is 1. The Kier molecular flexibility index (Phi) is 3.69. The highest BCUT2D eigenvalue weighted by molar-refractivity contribution is 6.22. The summed E-state index contributed by atoms with van der Waals surface area (Å²) in [6.45, 7) is 0.421. The van der Waals surface area contributed by atoms with Crippen molar-refractivity contribution in [1.29, 1.82) is 0 Å². The van der Waals surface area contributed by atoms with Gasteiger partial charge in [-0.1, -0.05) is 29.8 Å². The van der Waals surface area contributed by atoms with Gasteiger partial charge in [0.15, 0.2) is 5.82 Å². The van der Waals surface area contributed by atoms with E-state index in [4.69, 9.17) is 16.3 Å². The highest BCUT2D eigenvalue weighted by Gasteiger charge is 2.17. The van der Waals surface area contributed by atoms with Gasteiger partial charge in [-0.05, 0) is 18.2 Å². The summed E-state index contributed by atoms with van der Waals surface area (Å²) in [6.07, 6.45) is 5.32. The third kappa shape index (κ3) is 2.83. The van der Waals surface area contributed by atoms with E-state index < -0.39 is 5.62 Å². The van der Waals surface area contributed by atoms with Gasteiger partial charge in [0.05, 0.1) is 5.69 Å². The molecule has 0 radical (unpaired) electrons. The van der Waals surface area contributed by atoms with Crippen LogP contribution < -0.4 is 9.64 Å². The summed E-state index contributed by atoms with van der Waals surface area (Å²) < 4.78 is 5.65. The number of hydrogen-bond donors (Lipinski definition) is 1. The van der Waals surface area contributed by atoms with Crippen molar-refractivity contribution in [2.24, 2.45) is 4.99 Å². The van der Waals surface area contributed by atoms with Gasteiger partial charge in [-0.25, -0.2) is 0 Å². The molecule has 102 valence electrons. The van der Waals surface area contributed by atoms with E-state index in [1.807, 2.05) is 48.7 Å². The maximum atomic E-state index is 6.09. The molecule has 1 aromatic carbocycles. The molecule has 3 rings (SSSR count). The average molecular weight is 289 g/mol. The van der Waals surface area contributed by atoms with E-state index in [9.17, 15) is 0 Å². The van der Waals surface area contributed by atoms with Crippen molar-refractivity contribution in [1.82, 2.24) is 10.2 Å². The van der Waals surface area contributed by atoms with Gasteiger partial charge in [0, 0.05) is 18.5 Å². The predicted molar refractivity (Wildman–Crippen MR) is 79.1 cm³/mol. The lowest BCUT2D eigenvalue weighted by Gasteiger charge is -2.21. The van der Waals surface area contributed by atoms with Crippen LogP contribution in [-0.2, 0) is 6.61 Å². The highest BCUT2D eigenvalue weighted by Crippen LogP contribution is 2.21. The molecule has 1 N–H and O–H groups in total. The van der Waals surface area contributed by atoms with Crippen LogP contribution in [0.1, 0.15) is 5.69 Å². The van der Waals surface area contributed by atoms with Crippen molar-refractivity contribution in [2.75, 3.05) is 4.90 Å². The number of nitrogens with zero attached hydrogens (tertiary/aromatic N) is 3. The Morgan fingerprint density at radius 3 is 2.95 bits per heavy atom. The highest BCUT2D eigenvalue weighted by atomic mass is 35.5. The molecular weight excluding hydrogens is 276 g/mol. The number of para-hydroxylation sites is 1. The predicted octanol–water partition coefficient (Wildman–Crippen LogP) is 2.92. The van der Waals surface area contributed by atoms with E-state index in [-0.39, 0.29) is 0 Å². The van der Waals surface area contributed by atoms with Crippen molar-refractivity contribution in [3.63, 3.8) is 0 Å². The molecule has 0 amide bonds. The van der Waals surface area contributed by atoms with Crippen LogP contribution in [0.15, 0.2) is 53.7 Å². The molecule has 1 atom stereocenters. The van der Waals surface area contributed by atoms with Crippen LogP contribution in [0.25, 0.3) is 0 Å². The van der Waals surface area contributed by atoms with Crippen LogP contribution in [0.4, 0.5) is 5.82 Å². The maximum Gasteiger partial charge on any atom is 0.202 e. The number of alkyl halides is 1. The lowest BCUT2D eigenvalue weighted by molar-refractivity contribution is 0.301. The van der Waals surface area contributed by atoms with Crippen molar-refractivity contribution in [2.45, 2.75) is 12.2 Å². The number of ether oxygens (including phenoxy) is 1. The Morgan fingerprint density at radius 2 is 2.15 bits per heavy atom. The summed E-state index contributed by atoms with van der Waals surface area (Å²) in [5.74, 6) is 1.53. The lowest BCUT2D eigenvalue weighted by atomic mass is 10.3. The summed E-state index contributed by atoms with van der Waals surface area (Å²) in [6, 6.07) is 11.5. The minimum atomic E-state index is -0.466. The number of aromatic amines is 1. The number of aliphatic imine (C=N–C) groups is 1. The van der Waals surface area contributed by atoms with Crippen molar-refractivity contribution < 1.29 is 4.74 Å². The summed E-state index contributed by atoms with van der Waals surface area (Å²) in [5.41, 5.74) is 0.405. The maximum absolute atomic E-state index is 6.09. The molecule has 0 aliphatic carbocycles. The molecule has 0 saturated heterocycles. The molecule has 1 aliphatic heterocycles. The fourth-order valence-corrected chi connectivity index (χ4v) is 2.04. The molecule has 1 aromatic heterocycles. The molecule has 1 aliphatic rings. The third-order valence-corrected chi connectivity index (χ3v) is 3.11. The number of aromatic nitrogens is 2. The largest absolute Gasteiger partial charge is 0.487 e. The number of allylic oxidation sites excluding steroid dienone is 1. The van der Waals surface area contributed by atoms with Crippen LogP contribution in [-0.4, -0.2) is 22.0 Å². The number of hydrogen-bond acceptors (Lipinski definition) is 4. The van der Waals surface area contributed by atoms with Gasteiger partial charge < -0.3 is 4.74 Å². The number of halogens is 1. The van der Waals surface area contributed by atoms with E-state index in [0.717, 1.165) is 11.4 Å². The van der Waals surface area contributed by atoms with Crippen LogP contribution in [0.5, 0.6) is 5.75 Å². The third-order valence-electron chi connectivity index (χ3n) is 2.79. The second-order valence-electron chi connectivity index (χ2n) is 4.21. The van der Waals surface area contributed by atoms with Gasteiger partial charge >= 0.3 is 0 Å². The van der Waals surface area contributed by atoms with Crippen molar-refractivity contribution >= 4 is 23.6 Å². The molecule has 20 heavy (non-hydrogen) atoms. The fraction of sp³-hybridized carbons (Fsp3) is 0.143. The van der Waals surface area contributed by atoms with Gasteiger partial charge in [-0.15, -0.1) is 0 Å². The molecule has 1 unspecified atom stereocenters. The minimum Gasteiger partial charge on any atom is -0.487 e. The Bertz CT molecular complexity index is 623. The topological polar surface area (TPSA) is 53.5 Å². The number of benzene rings is 1. The Labute approximate surface area is 121 Å². The molecular formula is C14H13ClN4O. The van der Waals surface area contributed by atoms with Crippen LogP contribution in [0.3, 0.4) is 0 Å². The van der Waals surface area contributed by atoms with E-state index in [1.54, 1.807) is 11.1 Å². The summed E-state index contributed by atoms with van der Waals surface area (Å²) in [4.78, 5) is 5.85. The molecule has 2 heterocycles. The Hall–Kier alpha value is -2.27.